The summed E-state index contributed by atoms with van der Waals surface area (Å²) in [5.41, 5.74) is 5.72. The Hall–Kier alpha value is -1.47. The van der Waals surface area contributed by atoms with Gasteiger partial charge in [-0.2, -0.15) is 13.2 Å². The van der Waals surface area contributed by atoms with Crippen LogP contribution in [0.25, 0.3) is 0 Å². The first-order chi connectivity index (χ1) is 7.45. The summed E-state index contributed by atoms with van der Waals surface area (Å²) in [7, 11) is 0. The minimum Gasteiger partial charge on any atom is -0.330 e. The summed E-state index contributed by atoms with van der Waals surface area (Å²) in [5.74, 6) is 5.42. The fourth-order valence-corrected chi connectivity index (χ4v) is 1.16. The van der Waals surface area contributed by atoms with Crippen LogP contribution in [0.2, 0.25) is 0 Å². The van der Waals surface area contributed by atoms with E-state index in [1.807, 2.05) is 0 Å². The summed E-state index contributed by atoms with van der Waals surface area (Å²) in [5, 5.41) is 0. The number of nitrogens with two attached hydrogens (primary N) is 1. The molecule has 0 bridgehead atoms. The van der Waals surface area contributed by atoms with Crippen molar-refractivity contribution in [3.8, 4) is 11.8 Å². The largest absolute Gasteiger partial charge is 0.416 e. The maximum absolute atomic E-state index is 12.4. The number of hydrogen-bond acceptors (Lipinski definition) is 1. The van der Waals surface area contributed by atoms with Crippen LogP contribution in [-0.2, 0) is 6.18 Å². The number of hydrogen-bond donors (Lipinski definition) is 1. The maximum Gasteiger partial charge on any atom is 0.416 e. The number of benzene rings is 1. The first-order valence-electron chi connectivity index (χ1n) is 4.82. The van der Waals surface area contributed by atoms with Crippen LogP contribution in [0.3, 0.4) is 0 Å². The van der Waals surface area contributed by atoms with Crippen LogP contribution in [0.4, 0.5) is 13.2 Å². The van der Waals surface area contributed by atoms with E-state index < -0.39 is 11.7 Å². The molecule has 0 fully saturated rings. The molecule has 1 rings (SSSR count). The molecule has 16 heavy (non-hydrogen) atoms. The number of alkyl halides is 3. The van der Waals surface area contributed by atoms with E-state index in [0.29, 0.717) is 18.5 Å². The monoisotopic (exact) mass is 227 g/mol. The lowest BCUT2D eigenvalue weighted by Crippen LogP contribution is -2.05. The Balaban J connectivity index is 3.06. The van der Waals surface area contributed by atoms with Crippen molar-refractivity contribution >= 4 is 0 Å². The van der Waals surface area contributed by atoms with E-state index in [2.05, 4.69) is 11.8 Å². The van der Waals surface area contributed by atoms with Crippen molar-refractivity contribution in [1.82, 2.24) is 0 Å². The predicted octanol–water partition coefficient (Wildman–Crippen LogP) is 2.71. The number of halogens is 3. The summed E-state index contributed by atoms with van der Waals surface area (Å²) in [6.07, 6.45) is -3.84. The van der Waals surface area contributed by atoms with Crippen LogP contribution in [-0.4, -0.2) is 6.54 Å². The lowest BCUT2D eigenvalue weighted by atomic mass is 10.0. The minimum absolute atomic E-state index is 0.406. The molecule has 0 aliphatic heterocycles. The zero-order valence-electron chi connectivity index (χ0n) is 8.86. The summed E-state index contributed by atoms with van der Waals surface area (Å²) in [4.78, 5) is 0. The van der Waals surface area contributed by atoms with E-state index in [9.17, 15) is 13.2 Å². The fourth-order valence-electron chi connectivity index (χ4n) is 1.16. The molecule has 2 N–H and O–H groups in total. The van der Waals surface area contributed by atoms with Crippen molar-refractivity contribution in [3.63, 3.8) is 0 Å². The maximum atomic E-state index is 12.4. The molecule has 0 spiro atoms. The third-order valence-corrected chi connectivity index (χ3v) is 2.06. The van der Waals surface area contributed by atoms with Gasteiger partial charge in [0.15, 0.2) is 0 Å². The molecule has 0 aliphatic carbocycles. The Kier molecular flexibility index (Phi) is 3.97. The first-order valence-corrected chi connectivity index (χ1v) is 4.82. The molecule has 0 saturated carbocycles. The zero-order chi connectivity index (χ0) is 12.2. The Labute approximate surface area is 92.5 Å². The standard InChI is InChI=1S/C12H12F3N/c1-9-5-6-11(12(13,14)15)8-10(9)4-2-3-7-16/h5-6,8H,3,7,16H2,1H3. The normalized spacial score (nSPS) is 10.8. The Bertz CT molecular complexity index is 424. The zero-order valence-corrected chi connectivity index (χ0v) is 8.86. The highest BCUT2D eigenvalue weighted by molar-refractivity contribution is 5.43. The van der Waals surface area contributed by atoms with Crippen LogP contribution in [0.1, 0.15) is 23.1 Å². The summed E-state index contributed by atoms with van der Waals surface area (Å²) >= 11 is 0. The molecule has 1 aromatic rings. The van der Waals surface area contributed by atoms with E-state index in [-0.39, 0.29) is 0 Å². The van der Waals surface area contributed by atoms with Gasteiger partial charge in [0, 0.05) is 18.5 Å². The Morgan fingerprint density at radius 3 is 2.56 bits per heavy atom. The van der Waals surface area contributed by atoms with Crippen molar-refractivity contribution < 1.29 is 13.2 Å². The third kappa shape index (κ3) is 3.28. The van der Waals surface area contributed by atoms with Gasteiger partial charge in [-0.3, -0.25) is 0 Å². The lowest BCUT2D eigenvalue weighted by Gasteiger charge is -2.07. The molecule has 0 atom stereocenters. The smallest absolute Gasteiger partial charge is 0.330 e. The van der Waals surface area contributed by atoms with Crippen molar-refractivity contribution in [2.45, 2.75) is 19.5 Å². The average Bonchev–Trinajstić information content (AvgIpc) is 2.19. The second-order valence-electron chi connectivity index (χ2n) is 3.37. The van der Waals surface area contributed by atoms with Gasteiger partial charge in [-0.15, -0.1) is 0 Å². The van der Waals surface area contributed by atoms with Crippen LogP contribution in [0, 0.1) is 18.8 Å². The highest BCUT2D eigenvalue weighted by Crippen LogP contribution is 2.30. The quantitative estimate of drug-likeness (QED) is 0.733. The van der Waals surface area contributed by atoms with E-state index in [0.717, 1.165) is 17.7 Å². The van der Waals surface area contributed by atoms with Crippen molar-refractivity contribution in [2.75, 3.05) is 6.54 Å². The van der Waals surface area contributed by atoms with Gasteiger partial charge >= 0.3 is 6.18 Å². The number of rotatable bonds is 1. The molecule has 86 valence electrons. The number of aryl methyl sites for hydroxylation is 1. The molecule has 0 aliphatic rings. The van der Waals surface area contributed by atoms with E-state index >= 15 is 0 Å². The average molecular weight is 227 g/mol. The second kappa shape index (κ2) is 5.04. The fraction of sp³-hybridized carbons (Fsp3) is 0.333. The predicted molar refractivity (Wildman–Crippen MR) is 56.7 cm³/mol. The van der Waals surface area contributed by atoms with Gasteiger partial charge in [0.25, 0.3) is 0 Å². The van der Waals surface area contributed by atoms with E-state index in [4.69, 9.17) is 5.73 Å². The first kappa shape index (κ1) is 12.6. The van der Waals surface area contributed by atoms with Crippen LogP contribution in [0.5, 0.6) is 0 Å². The van der Waals surface area contributed by atoms with Gasteiger partial charge in [-0.25, -0.2) is 0 Å². The molecule has 1 nitrogen and oxygen atoms in total. The molecule has 0 radical (unpaired) electrons. The molecule has 0 heterocycles. The highest BCUT2D eigenvalue weighted by Gasteiger charge is 2.30. The van der Waals surface area contributed by atoms with Gasteiger partial charge in [0.05, 0.1) is 5.56 Å². The van der Waals surface area contributed by atoms with Crippen LogP contribution >= 0.6 is 0 Å². The Morgan fingerprint density at radius 1 is 1.31 bits per heavy atom. The summed E-state index contributed by atoms with van der Waals surface area (Å²) in [6.45, 7) is 2.14. The van der Waals surface area contributed by atoms with Crippen molar-refractivity contribution in [3.05, 3.63) is 34.9 Å². The van der Waals surface area contributed by atoms with Crippen LogP contribution < -0.4 is 5.73 Å². The molecule has 0 unspecified atom stereocenters. The highest BCUT2D eigenvalue weighted by atomic mass is 19.4. The van der Waals surface area contributed by atoms with E-state index in [1.165, 1.54) is 6.07 Å². The SMILES string of the molecule is Cc1ccc(C(F)(F)F)cc1C#CCCN. The van der Waals surface area contributed by atoms with Crippen molar-refractivity contribution in [1.29, 1.82) is 0 Å². The molecule has 0 amide bonds. The molecule has 1 aromatic carbocycles. The minimum atomic E-state index is -4.32. The molecule has 4 heteroatoms. The topological polar surface area (TPSA) is 26.0 Å². The van der Waals surface area contributed by atoms with Gasteiger partial charge in [-0.1, -0.05) is 17.9 Å². The Morgan fingerprint density at radius 2 is 2.00 bits per heavy atom. The van der Waals surface area contributed by atoms with E-state index in [1.54, 1.807) is 6.92 Å². The molecular weight excluding hydrogens is 215 g/mol. The molecular formula is C12H12F3N. The van der Waals surface area contributed by atoms with Gasteiger partial charge in [0.2, 0.25) is 0 Å². The molecule has 0 aromatic heterocycles. The van der Waals surface area contributed by atoms with Crippen molar-refractivity contribution in [2.24, 2.45) is 5.73 Å². The van der Waals surface area contributed by atoms with Gasteiger partial charge < -0.3 is 5.73 Å². The second-order valence-corrected chi connectivity index (χ2v) is 3.37. The lowest BCUT2D eigenvalue weighted by molar-refractivity contribution is -0.137. The van der Waals surface area contributed by atoms with Crippen LogP contribution in [0.15, 0.2) is 18.2 Å². The summed E-state index contributed by atoms with van der Waals surface area (Å²) < 4.78 is 37.3. The molecule has 0 saturated heterocycles. The van der Waals surface area contributed by atoms with Gasteiger partial charge in [0.1, 0.15) is 0 Å². The van der Waals surface area contributed by atoms with Gasteiger partial charge in [-0.05, 0) is 24.6 Å². The summed E-state index contributed by atoms with van der Waals surface area (Å²) in [6, 6.07) is 3.55. The third-order valence-electron chi connectivity index (χ3n) is 2.06.